The SMILES string of the molecule is CC(C)(C)NS(=O)c1ccc(NC(=O)C(Cc2ccccc2)NC(=O)C2CCCC2)cc1. The Morgan fingerprint density at radius 1 is 1.00 bits per heavy atom. The van der Waals surface area contributed by atoms with Gasteiger partial charge in [0, 0.05) is 23.6 Å². The zero-order chi connectivity index (χ0) is 23.1. The third-order valence-corrected chi connectivity index (χ3v) is 6.87. The molecule has 1 aliphatic rings. The van der Waals surface area contributed by atoms with Crippen molar-refractivity contribution in [2.45, 2.75) is 69.4 Å². The van der Waals surface area contributed by atoms with Gasteiger partial charge in [-0.15, -0.1) is 0 Å². The highest BCUT2D eigenvalue weighted by atomic mass is 32.2. The normalized spacial score (nSPS) is 16.3. The van der Waals surface area contributed by atoms with Crippen molar-refractivity contribution >= 4 is 28.5 Å². The molecule has 3 N–H and O–H groups in total. The highest BCUT2D eigenvalue weighted by Gasteiger charge is 2.28. The summed E-state index contributed by atoms with van der Waals surface area (Å²) < 4.78 is 15.4. The number of carbonyl (C=O) groups excluding carboxylic acids is 2. The summed E-state index contributed by atoms with van der Waals surface area (Å²) in [4.78, 5) is 26.4. The predicted octanol–water partition coefficient (Wildman–Crippen LogP) is 3.95. The van der Waals surface area contributed by atoms with Crippen LogP contribution in [0.1, 0.15) is 52.0 Å². The summed E-state index contributed by atoms with van der Waals surface area (Å²) in [7, 11) is -1.34. The summed E-state index contributed by atoms with van der Waals surface area (Å²) >= 11 is 0. The Balaban J connectivity index is 1.68. The van der Waals surface area contributed by atoms with E-state index in [1.807, 2.05) is 51.1 Å². The second-order valence-electron chi connectivity index (χ2n) is 9.37. The van der Waals surface area contributed by atoms with E-state index in [-0.39, 0.29) is 23.3 Å². The van der Waals surface area contributed by atoms with Crippen LogP contribution in [0.2, 0.25) is 0 Å². The van der Waals surface area contributed by atoms with E-state index in [2.05, 4.69) is 15.4 Å². The van der Waals surface area contributed by atoms with E-state index in [1.165, 1.54) is 0 Å². The lowest BCUT2D eigenvalue weighted by Gasteiger charge is -2.21. The minimum absolute atomic E-state index is 0.00866. The number of nitrogens with one attached hydrogen (secondary N) is 3. The molecule has 0 heterocycles. The van der Waals surface area contributed by atoms with Crippen molar-refractivity contribution in [3.8, 4) is 0 Å². The Kier molecular flexibility index (Phi) is 8.21. The highest BCUT2D eigenvalue weighted by Crippen LogP contribution is 2.25. The van der Waals surface area contributed by atoms with Crippen molar-refractivity contribution < 1.29 is 13.8 Å². The average molecular weight is 456 g/mol. The maximum Gasteiger partial charge on any atom is 0.247 e. The van der Waals surface area contributed by atoms with Gasteiger partial charge in [0.25, 0.3) is 0 Å². The summed E-state index contributed by atoms with van der Waals surface area (Å²) in [6.45, 7) is 5.85. The first kappa shape index (κ1) is 24.1. The van der Waals surface area contributed by atoms with Gasteiger partial charge in [-0.25, -0.2) is 8.93 Å². The van der Waals surface area contributed by atoms with Gasteiger partial charge in [0.15, 0.2) is 0 Å². The first-order valence-electron chi connectivity index (χ1n) is 11.2. The number of anilines is 1. The maximum atomic E-state index is 13.1. The van der Waals surface area contributed by atoms with Crippen LogP contribution in [-0.4, -0.2) is 27.6 Å². The molecule has 2 atom stereocenters. The summed E-state index contributed by atoms with van der Waals surface area (Å²) in [5.41, 5.74) is 1.30. The molecule has 2 aromatic carbocycles. The van der Waals surface area contributed by atoms with Crippen molar-refractivity contribution in [1.29, 1.82) is 0 Å². The number of amides is 2. The van der Waals surface area contributed by atoms with Gasteiger partial charge in [-0.2, -0.15) is 0 Å². The van der Waals surface area contributed by atoms with Crippen LogP contribution in [-0.2, 0) is 27.0 Å². The average Bonchev–Trinajstić information content (AvgIpc) is 3.28. The molecule has 0 aromatic heterocycles. The molecule has 2 aromatic rings. The molecule has 3 rings (SSSR count). The van der Waals surface area contributed by atoms with Gasteiger partial charge in [0.1, 0.15) is 17.0 Å². The predicted molar refractivity (Wildman–Crippen MR) is 128 cm³/mol. The van der Waals surface area contributed by atoms with E-state index in [9.17, 15) is 13.8 Å². The van der Waals surface area contributed by atoms with E-state index in [1.54, 1.807) is 24.3 Å². The fourth-order valence-corrected chi connectivity index (χ4v) is 4.82. The number of hydrogen-bond donors (Lipinski definition) is 3. The van der Waals surface area contributed by atoms with Gasteiger partial charge in [0.05, 0.1) is 4.90 Å². The van der Waals surface area contributed by atoms with E-state index in [0.717, 1.165) is 31.2 Å². The summed E-state index contributed by atoms with van der Waals surface area (Å²) in [5, 5.41) is 5.87. The van der Waals surface area contributed by atoms with Crippen LogP contribution < -0.4 is 15.4 Å². The number of hydrogen-bond acceptors (Lipinski definition) is 3. The second-order valence-corrected chi connectivity index (χ2v) is 10.6. The van der Waals surface area contributed by atoms with Crippen LogP contribution in [0.5, 0.6) is 0 Å². The molecule has 7 heteroatoms. The standard InChI is InChI=1S/C25H33N3O3S/c1-25(2,3)28-32(31)21-15-13-20(14-16-21)26-24(30)22(17-18-9-5-4-6-10-18)27-23(29)19-11-7-8-12-19/h4-6,9-10,13-16,19,22,28H,7-8,11-12,17H2,1-3H3,(H,26,30)(H,27,29). The van der Waals surface area contributed by atoms with Crippen LogP contribution in [0.15, 0.2) is 59.5 Å². The molecular formula is C25H33N3O3S. The van der Waals surface area contributed by atoms with Crippen molar-refractivity contribution in [1.82, 2.24) is 10.0 Å². The Labute approximate surface area is 193 Å². The van der Waals surface area contributed by atoms with Gasteiger partial charge in [0.2, 0.25) is 11.8 Å². The molecule has 2 unspecified atom stereocenters. The summed E-state index contributed by atoms with van der Waals surface area (Å²) in [6, 6.07) is 15.9. The summed E-state index contributed by atoms with van der Waals surface area (Å²) in [5.74, 6) is -0.315. The van der Waals surface area contributed by atoms with Crippen molar-refractivity contribution in [2.75, 3.05) is 5.32 Å². The summed E-state index contributed by atoms with van der Waals surface area (Å²) in [6.07, 6.45) is 4.30. The molecule has 172 valence electrons. The number of rotatable bonds is 8. The minimum Gasteiger partial charge on any atom is -0.344 e. The minimum atomic E-state index is -1.34. The molecule has 6 nitrogen and oxygen atoms in total. The number of carbonyl (C=O) groups is 2. The maximum absolute atomic E-state index is 13.1. The van der Waals surface area contributed by atoms with E-state index >= 15 is 0 Å². The molecule has 1 saturated carbocycles. The van der Waals surface area contributed by atoms with Crippen LogP contribution in [0.25, 0.3) is 0 Å². The van der Waals surface area contributed by atoms with Crippen molar-refractivity contribution in [3.63, 3.8) is 0 Å². The first-order valence-corrected chi connectivity index (χ1v) is 12.3. The molecule has 0 aliphatic heterocycles. The first-order chi connectivity index (χ1) is 15.2. The fourth-order valence-electron chi connectivity index (χ4n) is 3.76. The van der Waals surface area contributed by atoms with Gasteiger partial charge in [-0.3, -0.25) is 9.59 Å². The molecule has 0 bridgehead atoms. The lowest BCUT2D eigenvalue weighted by Crippen LogP contribution is -2.47. The van der Waals surface area contributed by atoms with E-state index < -0.39 is 17.0 Å². The molecule has 2 amide bonds. The molecular weight excluding hydrogens is 422 g/mol. The smallest absolute Gasteiger partial charge is 0.247 e. The van der Waals surface area contributed by atoms with Gasteiger partial charge >= 0.3 is 0 Å². The van der Waals surface area contributed by atoms with Crippen LogP contribution in [0.3, 0.4) is 0 Å². The largest absolute Gasteiger partial charge is 0.344 e. The molecule has 32 heavy (non-hydrogen) atoms. The Morgan fingerprint density at radius 2 is 1.62 bits per heavy atom. The van der Waals surface area contributed by atoms with Gasteiger partial charge in [-0.05, 0) is 63.4 Å². The lowest BCUT2D eigenvalue weighted by atomic mass is 10.0. The lowest BCUT2D eigenvalue weighted by molar-refractivity contribution is -0.129. The monoisotopic (exact) mass is 455 g/mol. The van der Waals surface area contributed by atoms with Gasteiger partial charge in [-0.1, -0.05) is 43.2 Å². The number of benzene rings is 2. The van der Waals surface area contributed by atoms with E-state index in [0.29, 0.717) is 17.0 Å². The topological polar surface area (TPSA) is 87.3 Å². The van der Waals surface area contributed by atoms with Crippen LogP contribution >= 0.6 is 0 Å². The molecule has 0 spiro atoms. The fraction of sp³-hybridized carbons (Fsp3) is 0.440. The quantitative estimate of drug-likeness (QED) is 0.563. The zero-order valence-electron chi connectivity index (χ0n) is 19.0. The van der Waals surface area contributed by atoms with Crippen molar-refractivity contribution in [3.05, 3.63) is 60.2 Å². The second kappa shape index (κ2) is 10.9. The molecule has 0 saturated heterocycles. The van der Waals surface area contributed by atoms with Crippen molar-refractivity contribution in [2.24, 2.45) is 5.92 Å². The van der Waals surface area contributed by atoms with E-state index in [4.69, 9.17) is 0 Å². The Bertz CT molecular complexity index is 933. The molecule has 1 aliphatic carbocycles. The third kappa shape index (κ3) is 7.28. The van der Waals surface area contributed by atoms with Gasteiger partial charge < -0.3 is 10.6 Å². The third-order valence-electron chi connectivity index (χ3n) is 5.38. The zero-order valence-corrected chi connectivity index (χ0v) is 19.8. The van der Waals surface area contributed by atoms with Crippen LogP contribution in [0.4, 0.5) is 5.69 Å². The molecule has 0 radical (unpaired) electrons. The van der Waals surface area contributed by atoms with Crippen LogP contribution in [0, 0.1) is 5.92 Å². The Hall–Kier alpha value is -2.51. The molecule has 1 fully saturated rings. The Morgan fingerprint density at radius 3 is 2.22 bits per heavy atom. The highest BCUT2D eigenvalue weighted by molar-refractivity contribution is 7.83.